The van der Waals surface area contributed by atoms with Crippen LogP contribution in [0.1, 0.15) is 18.0 Å². The van der Waals surface area contributed by atoms with Gasteiger partial charge in [0.05, 0.1) is 17.3 Å². The molecule has 1 aliphatic heterocycles. The summed E-state index contributed by atoms with van der Waals surface area (Å²) < 4.78 is 1.71. The molecule has 0 aliphatic carbocycles. The lowest BCUT2D eigenvalue weighted by molar-refractivity contribution is -0.130. The number of hydrazone groups is 1. The van der Waals surface area contributed by atoms with Crippen LogP contribution < -0.4 is 0 Å². The Morgan fingerprint density at radius 3 is 2.71 bits per heavy atom. The van der Waals surface area contributed by atoms with E-state index in [1.807, 2.05) is 66.7 Å². The number of benzene rings is 2. The van der Waals surface area contributed by atoms with Crippen LogP contribution in [-0.4, -0.2) is 47.4 Å². The lowest BCUT2D eigenvalue weighted by Gasteiger charge is -2.22. The van der Waals surface area contributed by atoms with Crippen molar-refractivity contribution in [2.24, 2.45) is 5.10 Å². The van der Waals surface area contributed by atoms with Crippen LogP contribution in [0.15, 0.2) is 89.4 Å². The van der Waals surface area contributed by atoms with E-state index in [9.17, 15) is 4.79 Å². The Hall–Kier alpha value is -4.11. The van der Waals surface area contributed by atoms with E-state index in [0.29, 0.717) is 23.0 Å². The Morgan fingerprint density at radius 1 is 1.00 bits per heavy atom. The maximum absolute atomic E-state index is 13.1. The largest absolute Gasteiger partial charge is 0.272 e. The highest BCUT2D eigenvalue weighted by atomic mass is 32.2. The zero-order chi connectivity index (χ0) is 22.9. The molecule has 0 spiro atoms. The molecule has 1 amide bonds. The second-order valence-corrected chi connectivity index (χ2v) is 8.75. The Balaban J connectivity index is 1.32. The van der Waals surface area contributed by atoms with Gasteiger partial charge in [0.1, 0.15) is 0 Å². The van der Waals surface area contributed by atoms with Crippen molar-refractivity contribution in [1.29, 1.82) is 0 Å². The van der Waals surface area contributed by atoms with E-state index in [1.165, 1.54) is 11.8 Å². The topological polar surface area (TPSA) is 88.6 Å². The van der Waals surface area contributed by atoms with Crippen LogP contribution in [-0.2, 0) is 4.79 Å². The van der Waals surface area contributed by atoms with E-state index in [2.05, 4.69) is 10.1 Å². The normalized spacial score (nSPS) is 15.4. The molecule has 8 nitrogen and oxygen atoms in total. The van der Waals surface area contributed by atoms with Crippen molar-refractivity contribution >= 4 is 40.4 Å². The van der Waals surface area contributed by atoms with Gasteiger partial charge in [0.25, 0.3) is 5.91 Å². The number of fused-ring (bicyclic) bond motifs is 3. The number of hydrogen-bond acceptors (Lipinski definition) is 7. The first-order valence-electron chi connectivity index (χ1n) is 10.9. The van der Waals surface area contributed by atoms with E-state index in [-0.39, 0.29) is 17.7 Å². The van der Waals surface area contributed by atoms with Gasteiger partial charge in [0.15, 0.2) is 16.6 Å². The van der Waals surface area contributed by atoms with E-state index in [1.54, 1.807) is 28.1 Å². The molecule has 6 rings (SSSR count). The number of para-hydroxylation sites is 1. The van der Waals surface area contributed by atoms with Crippen molar-refractivity contribution in [3.63, 3.8) is 0 Å². The van der Waals surface area contributed by atoms with E-state index >= 15 is 0 Å². The average Bonchev–Trinajstić information content (AvgIpc) is 3.57. The molecular formula is C25H19N7OS. The smallest absolute Gasteiger partial charge is 0.253 e. The minimum absolute atomic E-state index is 0.0803. The zero-order valence-corrected chi connectivity index (χ0v) is 18.8. The fourth-order valence-electron chi connectivity index (χ4n) is 4.04. The molecule has 0 radical (unpaired) electrons. The Bertz CT molecular complexity index is 1520. The van der Waals surface area contributed by atoms with Crippen molar-refractivity contribution in [2.75, 3.05) is 5.75 Å². The van der Waals surface area contributed by atoms with E-state index in [0.717, 1.165) is 22.0 Å². The maximum atomic E-state index is 13.1. The van der Waals surface area contributed by atoms with Gasteiger partial charge in [-0.15, -0.1) is 5.10 Å². The number of pyridine rings is 1. The second-order valence-electron chi connectivity index (χ2n) is 7.81. The van der Waals surface area contributed by atoms with Crippen molar-refractivity contribution in [1.82, 2.24) is 29.6 Å². The van der Waals surface area contributed by atoms with Crippen LogP contribution >= 0.6 is 11.8 Å². The molecule has 0 bridgehead atoms. The molecule has 1 atom stereocenters. The van der Waals surface area contributed by atoms with Gasteiger partial charge in [-0.1, -0.05) is 54.2 Å². The van der Waals surface area contributed by atoms with Gasteiger partial charge >= 0.3 is 0 Å². The van der Waals surface area contributed by atoms with E-state index < -0.39 is 0 Å². The number of rotatable bonds is 5. The first kappa shape index (κ1) is 20.5. The fraction of sp³-hybridized carbons (Fsp3) is 0.120. The summed E-state index contributed by atoms with van der Waals surface area (Å²) >= 11 is 1.33. The van der Waals surface area contributed by atoms with Crippen molar-refractivity contribution in [2.45, 2.75) is 17.6 Å². The third-order valence-electron chi connectivity index (χ3n) is 5.66. The Labute approximate surface area is 199 Å². The van der Waals surface area contributed by atoms with Crippen LogP contribution in [0.5, 0.6) is 0 Å². The van der Waals surface area contributed by atoms with E-state index in [4.69, 9.17) is 15.1 Å². The summed E-state index contributed by atoms with van der Waals surface area (Å²) in [6, 6.07) is 21.5. The van der Waals surface area contributed by atoms with Gasteiger partial charge in [-0.05, 0) is 29.8 Å². The summed E-state index contributed by atoms with van der Waals surface area (Å²) in [6.07, 6.45) is 5.95. The molecule has 0 unspecified atom stereocenters. The van der Waals surface area contributed by atoms with Crippen LogP contribution in [0.4, 0.5) is 0 Å². The van der Waals surface area contributed by atoms with Gasteiger partial charge in [-0.2, -0.15) is 9.62 Å². The second kappa shape index (κ2) is 8.68. The van der Waals surface area contributed by atoms with Crippen LogP contribution in [0.3, 0.4) is 0 Å². The molecule has 1 aliphatic rings. The lowest BCUT2D eigenvalue weighted by Crippen LogP contribution is -2.28. The Morgan fingerprint density at radius 2 is 1.85 bits per heavy atom. The van der Waals surface area contributed by atoms with Crippen LogP contribution in [0.2, 0.25) is 0 Å². The monoisotopic (exact) mass is 465 g/mol. The van der Waals surface area contributed by atoms with Crippen LogP contribution in [0.25, 0.3) is 27.9 Å². The highest BCUT2D eigenvalue weighted by Crippen LogP contribution is 2.30. The quantitative estimate of drug-likeness (QED) is 0.283. The number of amides is 1. The molecule has 0 saturated carbocycles. The molecule has 0 N–H and O–H groups in total. The molecule has 4 heterocycles. The highest BCUT2D eigenvalue weighted by molar-refractivity contribution is 7.99. The number of thioether (sulfide) groups is 1. The molecule has 5 aromatic rings. The fourth-order valence-corrected chi connectivity index (χ4v) is 4.84. The van der Waals surface area contributed by atoms with Crippen LogP contribution in [0, 0.1) is 0 Å². The Kier molecular flexibility index (Phi) is 5.23. The third-order valence-corrected chi connectivity index (χ3v) is 6.58. The summed E-state index contributed by atoms with van der Waals surface area (Å²) in [5.41, 5.74) is 3.39. The molecule has 34 heavy (non-hydrogen) atoms. The predicted octanol–water partition coefficient (Wildman–Crippen LogP) is 4.39. The summed E-state index contributed by atoms with van der Waals surface area (Å²) in [4.78, 5) is 26.9. The molecule has 166 valence electrons. The van der Waals surface area contributed by atoms with Crippen molar-refractivity contribution < 1.29 is 4.79 Å². The maximum Gasteiger partial charge on any atom is 0.253 e. The molecule has 0 saturated heterocycles. The zero-order valence-electron chi connectivity index (χ0n) is 18.0. The van der Waals surface area contributed by atoms with Gasteiger partial charge in [-0.25, -0.2) is 15.0 Å². The summed E-state index contributed by atoms with van der Waals surface area (Å²) in [5.74, 6) is 0.666. The number of carbonyl (C=O) groups is 1. The van der Waals surface area contributed by atoms with Gasteiger partial charge in [0, 0.05) is 36.0 Å². The van der Waals surface area contributed by atoms with Crippen molar-refractivity contribution in [3.05, 3.63) is 84.7 Å². The summed E-state index contributed by atoms with van der Waals surface area (Å²) in [7, 11) is 0. The lowest BCUT2D eigenvalue weighted by atomic mass is 10.0. The molecular weight excluding hydrogens is 446 g/mol. The number of aromatic nitrogens is 5. The number of hydrogen-bond donors (Lipinski definition) is 0. The van der Waals surface area contributed by atoms with Gasteiger partial charge in [0.2, 0.25) is 0 Å². The summed E-state index contributed by atoms with van der Waals surface area (Å²) in [5, 5.41) is 12.1. The first-order valence-corrected chi connectivity index (χ1v) is 11.8. The first-order chi connectivity index (χ1) is 16.8. The molecule has 9 heteroatoms. The average molecular weight is 466 g/mol. The third kappa shape index (κ3) is 3.69. The van der Waals surface area contributed by atoms with Gasteiger partial charge < -0.3 is 0 Å². The molecule has 3 aromatic heterocycles. The number of nitrogens with zero attached hydrogens (tertiary/aromatic N) is 7. The standard InChI is InChI=1S/C25H19N7OS/c33-22(31-21(12-14-27-31)17-7-2-1-3-8-17)16-34-25-28-20-11-5-4-10-19(20)24-29-23(30-32(24)25)18-9-6-13-26-15-18/h1-11,13-15,21H,12,16H2/t21-/m0/s1. The predicted molar refractivity (Wildman–Crippen MR) is 131 cm³/mol. The van der Waals surface area contributed by atoms with Gasteiger partial charge in [-0.3, -0.25) is 9.78 Å². The minimum Gasteiger partial charge on any atom is -0.272 e. The van der Waals surface area contributed by atoms with Crippen molar-refractivity contribution in [3.8, 4) is 11.4 Å². The molecule has 0 fully saturated rings. The minimum atomic E-state index is -0.0811. The highest BCUT2D eigenvalue weighted by Gasteiger charge is 2.28. The SMILES string of the molecule is O=C(CSc1nc2ccccc2c2nc(-c3cccnc3)nn12)N1N=CC[C@H]1c1ccccc1. The molecule has 2 aromatic carbocycles. The number of carbonyl (C=O) groups excluding carboxylic acids is 1. The summed E-state index contributed by atoms with van der Waals surface area (Å²) in [6.45, 7) is 0.